The predicted octanol–water partition coefficient (Wildman–Crippen LogP) is 2.32. The van der Waals surface area contributed by atoms with Crippen LogP contribution in [0.15, 0.2) is 24.3 Å². The average Bonchev–Trinajstić information content (AvgIpc) is 3.07. The van der Waals surface area contributed by atoms with Crippen LogP contribution in [0.4, 0.5) is 0 Å². The fourth-order valence-electron chi connectivity index (χ4n) is 3.36. The van der Waals surface area contributed by atoms with E-state index in [-0.39, 0.29) is 25.0 Å². The molecule has 1 heterocycles. The van der Waals surface area contributed by atoms with E-state index in [1.54, 1.807) is 17.0 Å². The number of carbonyl (C=O) groups excluding carboxylic acids is 1. The maximum absolute atomic E-state index is 12.8. The lowest BCUT2D eigenvalue weighted by atomic mass is 10.1. The number of morpholine rings is 1. The van der Waals surface area contributed by atoms with Gasteiger partial charge in [-0.1, -0.05) is 6.07 Å². The second-order valence-corrected chi connectivity index (χ2v) is 6.38. The molecule has 1 aromatic carbocycles. The summed E-state index contributed by atoms with van der Waals surface area (Å²) in [6, 6.07) is 6.75. The van der Waals surface area contributed by atoms with Gasteiger partial charge in [0.25, 0.3) is 5.91 Å². The van der Waals surface area contributed by atoms with Gasteiger partial charge in [0, 0.05) is 12.1 Å². The van der Waals surface area contributed by atoms with E-state index in [9.17, 15) is 9.59 Å². The molecule has 1 atom stereocenters. The van der Waals surface area contributed by atoms with E-state index in [2.05, 4.69) is 0 Å². The molecule has 1 N–H and O–H groups in total. The van der Waals surface area contributed by atoms with E-state index in [4.69, 9.17) is 14.6 Å². The third-order valence-corrected chi connectivity index (χ3v) is 4.58. The lowest BCUT2D eigenvalue weighted by molar-refractivity contribution is -0.139. The van der Waals surface area contributed by atoms with Crippen LogP contribution in [0, 0.1) is 0 Å². The van der Waals surface area contributed by atoms with Gasteiger partial charge in [-0.2, -0.15) is 0 Å². The van der Waals surface area contributed by atoms with Crippen LogP contribution >= 0.6 is 0 Å². The van der Waals surface area contributed by atoms with Crippen molar-refractivity contribution in [1.82, 2.24) is 4.90 Å². The van der Waals surface area contributed by atoms with Gasteiger partial charge in [0.1, 0.15) is 5.75 Å². The Labute approximate surface area is 141 Å². The van der Waals surface area contributed by atoms with E-state index in [0.29, 0.717) is 24.5 Å². The first-order valence-corrected chi connectivity index (χ1v) is 8.50. The van der Waals surface area contributed by atoms with Gasteiger partial charge in [0.15, 0.2) is 0 Å². The SMILES string of the molecule is O=C(O)CC1COCCN1C(=O)c1cccc(OC2CCCC2)c1. The second-order valence-electron chi connectivity index (χ2n) is 6.38. The number of carboxylic acid groups (broad SMARTS) is 1. The zero-order chi connectivity index (χ0) is 16.9. The van der Waals surface area contributed by atoms with Gasteiger partial charge in [-0.05, 0) is 43.9 Å². The predicted molar refractivity (Wildman–Crippen MR) is 87.2 cm³/mol. The summed E-state index contributed by atoms with van der Waals surface area (Å²) in [5, 5.41) is 9.03. The van der Waals surface area contributed by atoms with Crippen LogP contribution in [0.25, 0.3) is 0 Å². The lowest BCUT2D eigenvalue weighted by Crippen LogP contribution is -2.49. The maximum atomic E-state index is 12.8. The largest absolute Gasteiger partial charge is 0.490 e. The highest BCUT2D eigenvalue weighted by atomic mass is 16.5. The Morgan fingerprint density at radius 1 is 1.29 bits per heavy atom. The summed E-state index contributed by atoms with van der Waals surface area (Å²) in [6.07, 6.45) is 4.62. The lowest BCUT2D eigenvalue weighted by Gasteiger charge is -2.35. The van der Waals surface area contributed by atoms with Gasteiger partial charge in [0.05, 0.1) is 31.8 Å². The number of nitrogens with zero attached hydrogens (tertiary/aromatic N) is 1. The fourth-order valence-corrected chi connectivity index (χ4v) is 3.36. The molecule has 6 heteroatoms. The third-order valence-electron chi connectivity index (χ3n) is 4.58. The number of hydrogen-bond donors (Lipinski definition) is 1. The van der Waals surface area contributed by atoms with Gasteiger partial charge in [0.2, 0.25) is 0 Å². The van der Waals surface area contributed by atoms with Crippen LogP contribution in [0.1, 0.15) is 42.5 Å². The zero-order valence-corrected chi connectivity index (χ0v) is 13.6. The van der Waals surface area contributed by atoms with Crippen molar-refractivity contribution in [3.8, 4) is 5.75 Å². The maximum Gasteiger partial charge on any atom is 0.305 e. The van der Waals surface area contributed by atoms with E-state index < -0.39 is 12.0 Å². The summed E-state index contributed by atoms with van der Waals surface area (Å²) in [4.78, 5) is 25.4. The highest BCUT2D eigenvalue weighted by Gasteiger charge is 2.30. The molecule has 0 radical (unpaired) electrons. The highest BCUT2D eigenvalue weighted by molar-refractivity contribution is 5.95. The van der Waals surface area contributed by atoms with Gasteiger partial charge < -0.3 is 19.5 Å². The van der Waals surface area contributed by atoms with Crippen LogP contribution < -0.4 is 4.74 Å². The number of rotatable bonds is 5. The number of hydrogen-bond acceptors (Lipinski definition) is 4. The molecule has 3 rings (SSSR count). The molecular weight excluding hydrogens is 310 g/mol. The van der Waals surface area contributed by atoms with Gasteiger partial charge >= 0.3 is 5.97 Å². The van der Waals surface area contributed by atoms with Crippen LogP contribution in [0.5, 0.6) is 5.75 Å². The molecule has 2 fully saturated rings. The van der Waals surface area contributed by atoms with Crippen LogP contribution in [-0.4, -0.2) is 53.8 Å². The minimum atomic E-state index is -0.929. The molecule has 1 unspecified atom stereocenters. The van der Waals surface area contributed by atoms with Crippen molar-refractivity contribution in [2.75, 3.05) is 19.8 Å². The smallest absolute Gasteiger partial charge is 0.305 e. The molecule has 1 saturated heterocycles. The van der Waals surface area contributed by atoms with E-state index >= 15 is 0 Å². The molecule has 1 aliphatic carbocycles. The van der Waals surface area contributed by atoms with E-state index in [1.807, 2.05) is 12.1 Å². The quantitative estimate of drug-likeness (QED) is 0.895. The Bertz CT molecular complexity index is 597. The minimum Gasteiger partial charge on any atom is -0.490 e. The summed E-state index contributed by atoms with van der Waals surface area (Å²) in [7, 11) is 0. The Morgan fingerprint density at radius 2 is 2.08 bits per heavy atom. The van der Waals surface area contributed by atoms with Crippen molar-refractivity contribution in [3.05, 3.63) is 29.8 Å². The molecule has 0 spiro atoms. The molecular formula is C18H23NO5. The number of aliphatic carboxylic acids is 1. The van der Waals surface area contributed by atoms with Crippen molar-refractivity contribution >= 4 is 11.9 Å². The first kappa shape index (κ1) is 16.8. The van der Waals surface area contributed by atoms with E-state index in [0.717, 1.165) is 12.8 Å². The Balaban J connectivity index is 1.71. The highest BCUT2D eigenvalue weighted by Crippen LogP contribution is 2.25. The summed E-state index contributed by atoms with van der Waals surface area (Å²) < 4.78 is 11.3. The monoisotopic (exact) mass is 333 g/mol. The van der Waals surface area contributed by atoms with Crippen molar-refractivity contribution in [1.29, 1.82) is 0 Å². The van der Waals surface area contributed by atoms with Crippen LogP contribution in [0.3, 0.4) is 0 Å². The Morgan fingerprint density at radius 3 is 2.83 bits per heavy atom. The number of carboxylic acids is 1. The molecule has 6 nitrogen and oxygen atoms in total. The third kappa shape index (κ3) is 4.06. The molecule has 0 aromatic heterocycles. The molecule has 2 aliphatic rings. The second kappa shape index (κ2) is 7.66. The molecule has 0 bridgehead atoms. The molecule has 1 saturated carbocycles. The van der Waals surface area contributed by atoms with Crippen molar-refractivity contribution < 1.29 is 24.2 Å². The van der Waals surface area contributed by atoms with Gasteiger partial charge in [-0.3, -0.25) is 9.59 Å². The van der Waals surface area contributed by atoms with Crippen molar-refractivity contribution in [2.45, 2.75) is 44.2 Å². The summed E-state index contributed by atoms with van der Waals surface area (Å²) >= 11 is 0. The number of carbonyl (C=O) groups is 2. The molecule has 130 valence electrons. The van der Waals surface area contributed by atoms with Crippen LogP contribution in [-0.2, 0) is 9.53 Å². The molecule has 1 aromatic rings. The number of ether oxygens (including phenoxy) is 2. The Hall–Kier alpha value is -2.08. The first-order chi connectivity index (χ1) is 11.6. The minimum absolute atomic E-state index is 0.107. The normalized spacial score (nSPS) is 21.7. The number of amides is 1. The number of benzene rings is 1. The molecule has 1 amide bonds. The summed E-state index contributed by atoms with van der Waals surface area (Å²) in [5.41, 5.74) is 0.530. The first-order valence-electron chi connectivity index (χ1n) is 8.50. The average molecular weight is 333 g/mol. The molecule has 24 heavy (non-hydrogen) atoms. The van der Waals surface area contributed by atoms with Gasteiger partial charge in [-0.25, -0.2) is 0 Å². The zero-order valence-electron chi connectivity index (χ0n) is 13.6. The fraction of sp³-hybridized carbons (Fsp3) is 0.556. The van der Waals surface area contributed by atoms with Crippen molar-refractivity contribution in [2.24, 2.45) is 0 Å². The standard InChI is InChI=1S/C18H23NO5/c20-17(21)11-14-12-23-9-8-19(14)18(22)13-4-3-7-16(10-13)24-15-5-1-2-6-15/h3-4,7,10,14-15H,1-2,5-6,8-9,11-12H2,(H,20,21). The summed E-state index contributed by atoms with van der Waals surface area (Å²) in [6.45, 7) is 1.10. The van der Waals surface area contributed by atoms with Gasteiger partial charge in [-0.15, -0.1) is 0 Å². The summed E-state index contributed by atoms with van der Waals surface area (Å²) in [5.74, 6) is -0.390. The van der Waals surface area contributed by atoms with Crippen molar-refractivity contribution in [3.63, 3.8) is 0 Å². The van der Waals surface area contributed by atoms with Crippen LogP contribution in [0.2, 0.25) is 0 Å². The topological polar surface area (TPSA) is 76.1 Å². The van der Waals surface area contributed by atoms with E-state index in [1.165, 1.54) is 12.8 Å². The Kier molecular flexibility index (Phi) is 5.35. The molecule has 1 aliphatic heterocycles.